The van der Waals surface area contributed by atoms with E-state index in [1.807, 2.05) is 24.3 Å². The van der Waals surface area contributed by atoms with E-state index in [0.717, 1.165) is 19.3 Å². The van der Waals surface area contributed by atoms with E-state index in [0.29, 0.717) is 36.0 Å². The molecular weight excluding hydrogens is 338 g/mol. The summed E-state index contributed by atoms with van der Waals surface area (Å²) in [4.78, 5) is 31.8. The van der Waals surface area contributed by atoms with Gasteiger partial charge >= 0.3 is 0 Å². The first kappa shape index (κ1) is 17.5. The maximum Gasteiger partial charge on any atom is 0.258 e. The highest BCUT2D eigenvalue weighted by Crippen LogP contribution is 2.29. The third-order valence-electron chi connectivity index (χ3n) is 5.18. The van der Waals surface area contributed by atoms with Gasteiger partial charge in [-0.3, -0.25) is 9.59 Å². The molecule has 2 N–H and O–H groups in total. The molecule has 0 saturated heterocycles. The number of H-pyrrole nitrogens is 1. The summed E-state index contributed by atoms with van der Waals surface area (Å²) in [5.74, 6) is 0.689. The van der Waals surface area contributed by atoms with Gasteiger partial charge in [-0.2, -0.15) is 0 Å². The van der Waals surface area contributed by atoms with Crippen LogP contribution in [-0.2, 0) is 17.6 Å². The summed E-state index contributed by atoms with van der Waals surface area (Å²) < 4.78 is 0. The quantitative estimate of drug-likeness (QED) is 0.731. The van der Waals surface area contributed by atoms with Gasteiger partial charge in [-0.1, -0.05) is 36.4 Å². The fraction of sp³-hybridized carbons (Fsp3) is 0.318. The summed E-state index contributed by atoms with van der Waals surface area (Å²) in [6.07, 6.45) is 4.83. The largest absolute Gasteiger partial charge is 0.349 e. The van der Waals surface area contributed by atoms with Crippen molar-refractivity contribution in [2.24, 2.45) is 0 Å². The molecule has 1 aliphatic carbocycles. The fourth-order valence-corrected chi connectivity index (χ4v) is 3.84. The van der Waals surface area contributed by atoms with Crippen molar-refractivity contribution < 1.29 is 4.79 Å². The van der Waals surface area contributed by atoms with Gasteiger partial charge in [0.05, 0.1) is 16.9 Å². The van der Waals surface area contributed by atoms with Crippen LogP contribution in [0.1, 0.15) is 48.7 Å². The molecule has 2 aromatic carbocycles. The first-order chi connectivity index (χ1) is 13.2. The second-order valence-corrected chi connectivity index (χ2v) is 7.09. The minimum Gasteiger partial charge on any atom is -0.349 e. The molecule has 1 aliphatic rings. The average Bonchev–Trinajstić information content (AvgIpc) is 2.68. The lowest BCUT2D eigenvalue weighted by atomic mass is 9.87. The number of carbonyl (C=O) groups is 1. The van der Waals surface area contributed by atoms with Crippen LogP contribution in [0.15, 0.2) is 53.3 Å². The molecule has 1 atom stereocenters. The second kappa shape index (κ2) is 7.74. The Morgan fingerprint density at radius 1 is 1.15 bits per heavy atom. The van der Waals surface area contributed by atoms with Crippen molar-refractivity contribution in [3.8, 4) is 0 Å². The van der Waals surface area contributed by atoms with Crippen LogP contribution in [-0.4, -0.2) is 15.9 Å². The zero-order valence-corrected chi connectivity index (χ0v) is 15.2. The fourth-order valence-electron chi connectivity index (χ4n) is 3.84. The minimum atomic E-state index is -0.126. The molecular formula is C22H23N3O2. The van der Waals surface area contributed by atoms with Gasteiger partial charge < -0.3 is 10.3 Å². The standard InChI is InChI=1S/C22H23N3O2/c26-21(24-18-12-5-8-15-7-1-2-9-16(15)18)14-6-13-20-23-19-11-4-3-10-17(19)22(27)25-20/h1-4,7,9-11,18H,5-6,8,12-14H2,(H,24,26)(H,23,25,27)/t18-/m1/s1. The van der Waals surface area contributed by atoms with E-state index in [9.17, 15) is 9.59 Å². The van der Waals surface area contributed by atoms with Crippen molar-refractivity contribution in [3.05, 3.63) is 75.8 Å². The first-order valence-electron chi connectivity index (χ1n) is 9.56. The molecule has 1 aromatic heterocycles. The highest BCUT2D eigenvalue weighted by atomic mass is 16.1. The maximum atomic E-state index is 12.4. The summed E-state index contributed by atoms with van der Waals surface area (Å²) in [6.45, 7) is 0. The molecule has 0 fully saturated rings. The number of rotatable bonds is 5. The van der Waals surface area contributed by atoms with E-state index in [1.54, 1.807) is 6.07 Å². The van der Waals surface area contributed by atoms with Crippen LogP contribution >= 0.6 is 0 Å². The van der Waals surface area contributed by atoms with Crippen LogP contribution in [0.3, 0.4) is 0 Å². The summed E-state index contributed by atoms with van der Waals surface area (Å²) in [5, 5.41) is 3.76. The SMILES string of the molecule is O=C(CCCc1nc2ccccc2c(=O)[nH]1)N[C@@H]1CCCc2ccccc21. The number of hydrogen-bond acceptors (Lipinski definition) is 3. The van der Waals surface area contributed by atoms with Crippen LogP contribution in [0.5, 0.6) is 0 Å². The van der Waals surface area contributed by atoms with Gasteiger partial charge in [-0.25, -0.2) is 4.98 Å². The molecule has 27 heavy (non-hydrogen) atoms. The van der Waals surface area contributed by atoms with Crippen LogP contribution in [0.25, 0.3) is 10.9 Å². The summed E-state index contributed by atoms with van der Waals surface area (Å²) in [7, 11) is 0. The van der Waals surface area contributed by atoms with E-state index in [-0.39, 0.29) is 17.5 Å². The first-order valence-corrected chi connectivity index (χ1v) is 9.56. The number of aromatic nitrogens is 2. The van der Waals surface area contributed by atoms with Gasteiger partial charge in [0.2, 0.25) is 5.91 Å². The van der Waals surface area contributed by atoms with Crippen molar-refractivity contribution in [1.29, 1.82) is 0 Å². The zero-order chi connectivity index (χ0) is 18.6. The molecule has 5 heteroatoms. The van der Waals surface area contributed by atoms with Gasteiger partial charge in [0.15, 0.2) is 0 Å². The molecule has 0 aliphatic heterocycles. The molecule has 0 saturated carbocycles. The Hall–Kier alpha value is -2.95. The van der Waals surface area contributed by atoms with Crippen molar-refractivity contribution in [2.45, 2.75) is 44.6 Å². The van der Waals surface area contributed by atoms with E-state index in [2.05, 4.69) is 33.5 Å². The maximum absolute atomic E-state index is 12.4. The number of nitrogens with one attached hydrogen (secondary N) is 2. The van der Waals surface area contributed by atoms with Crippen LogP contribution in [0.2, 0.25) is 0 Å². The number of para-hydroxylation sites is 1. The normalized spacial score (nSPS) is 16.1. The van der Waals surface area contributed by atoms with E-state index in [1.165, 1.54) is 11.1 Å². The number of aryl methyl sites for hydroxylation is 2. The molecule has 138 valence electrons. The van der Waals surface area contributed by atoms with Crippen molar-refractivity contribution in [1.82, 2.24) is 15.3 Å². The lowest BCUT2D eigenvalue weighted by Crippen LogP contribution is -2.30. The third-order valence-corrected chi connectivity index (χ3v) is 5.18. The third kappa shape index (κ3) is 3.92. The topological polar surface area (TPSA) is 74.8 Å². The average molecular weight is 361 g/mol. The van der Waals surface area contributed by atoms with Crippen molar-refractivity contribution in [3.63, 3.8) is 0 Å². The number of carbonyl (C=O) groups excluding carboxylic acids is 1. The van der Waals surface area contributed by atoms with E-state index in [4.69, 9.17) is 0 Å². The highest BCUT2D eigenvalue weighted by molar-refractivity contribution is 5.77. The molecule has 0 radical (unpaired) electrons. The molecule has 0 unspecified atom stereocenters. The van der Waals surface area contributed by atoms with Crippen LogP contribution < -0.4 is 10.9 Å². The molecule has 3 aromatic rings. The summed E-state index contributed by atoms with van der Waals surface area (Å²) >= 11 is 0. The predicted molar refractivity (Wildman–Crippen MR) is 106 cm³/mol. The number of benzene rings is 2. The number of aromatic amines is 1. The number of fused-ring (bicyclic) bond motifs is 2. The second-order valence-electron chi connectivity index (χ2n) is 7.09. The molecule has 5 nitrogen and oxygen atoms in total. The Morgan fingerprint density at radius 3 is 2.89 bits per heavy atom. The van der Waals surface area contributed by atoms with Crippen LogP contribution in [0, 0.1) is 0 Å². The Morgan fingerprint density at radius 2 is 1.96 bits per heavy atom. The molecule has 0 spiro atoms. The van der Waals surface area contributed by atoms with Crippen molar-refractivity contribution >= 4 is 16.8 Å². The predicted octanol–water partition coefficient (Wildman–Crippen LogP) is 3.44. The Bertz CT molecular complexity index is 1030. The van der Waals surface area contributed by atoms with E-state index >= 15 is 0 Å². The van der Waals surface area contributed by atoms with Gasteiger partial charge in [-0.15, -0.1) is 0 Å². The Kier molecular flexibility index (Phi) is 5.01. The van der Waals surface area contributed by atoms with Gasteiger partial charge in [-0.05, 0) is 48.9 Å². The Labute approximate surface area is 157 Å². The van der Waals surface area contributed by atoms with Crippen molar-refractivity contribution in [2.75, 3.05) is 0 Å². The molecule has 0 bridgehead atoms. The van der Waals surface area contributed by atoms with Gasteiger partial charge in [0, 0.05) is 12.8 Å². The molecule has 1 amide bonds. The Balaban J connectivity index is 1.35. The smallest absolute Gasteiger partial charge is 0.258 e. The molecule has 4 rings (SSSR count). The monoisotopic (exact) mass is 361 g/mol. The minimum absolute atomic E-state index is 0.0554. The van der Waals surface area contributed by atoms with Gasteiger partial charge in [0.25, 0.3) is 5.56 Å². The lowest BCUT2D eigenvalue weighted by molar-refractivity contribution is -0.122. The lowest BCUT2D eigenvalue weighted by Gasteiger charge is -2.26. The summed E-state index contributed by atoms with van der Waals surface area (Å²) in [5.41, 5.74) is 3.16. The number of hydrogen-bond donors (Lipinski definition) is 2. The number of amides is 1. The summed E-state index contributed by atoms with van der Waals surface area (Å²) in [6, 6.07) is 15.8. The molecule has 1 heterocycles. The highest BCUT2D eigenvalue weighted by Gasteiger charge is 2.21. The zero-order valence-electron chi connectivity index (χ0n) is 15.2. The van der Waals surface area contributed by atoms with Gasteiger partial charge in [0.1, 0.15) is 5.82 Å². The van der Waals surface area contributed by atoms with Crippen LogP contribution in [0.4, 0.5) is 0 Å². The van der Waals surface area contributed by atoms with E-state index < -0.39 is 0 Å². The number of nitrogens with zero attached hydrogens (tertiary/aromatic N) is 1.